The van der Waals surface area contributed by atoms with E-state index in [9.17, 15) is 4.79 Å². The zero-order valence-corrected chi connectivity index (χ0v) is 17.8. The van der Waals surface area contributed by atoms with Crippen LogP contribution in [0.1, 0.15) is 5.56 Å². The predicted molar refractivity (Wildman–Crippen MR) is 115 cm³/mol. The van der Waals surface area contributed by atoms with Crippen LogP contribution in [0.15, 0.2) is 69.8 Å². The highest BCUT2D eigenvalue weighted by atomic mass is 79.9. The summed E-state index contributed by atoms with van der Waals surface area (Å²) in [6.07, 6.45) is 1.80. The summed E-state index contributed by atoms with van der Waals surface area (Å²) in [7, 11) is 0. The summed E-state index contributed by atoms with van der Waals surface area (Å²) in [4.78, 5) is 17.0. The first-order valence-electron chi connectivity index (χ1n) is 9.56. The van der Waals surface area contributed by atoms with Gasteiger partial charge < -0.3 is 23.9 Å². The fraction of sp³-hybridized carbons (Fsp3) is 0.136. The molecule has 0 radical (unpaired) electrons. The van der Waals surface area contributed by atoms with Crippen molar-refractivity contribution in [3.05, 3.63) is 70.8 Å². The van der Waals surface area contributed by atoms with Crippen molar-refractivity contribution in [2.45, 2.75) is 13.1 Å². The van der Waals surface area contributed by atoms with Gasteiger partial charge in [0, 0.05) is 22.8 Å². The van der Waals surface area contributed by atoms with E-state index in [2.05, 4.69) is 31.4 Å². The number of amides is 1. The molecule has 0 aliphatic carbocycles. The molecular weight excluding hydrogens is 464 g/mol. The highest BCUT2D eigenvalue weighted by Crippen LogP contribution is 2.32. The third kappa shape index (κ3) is 4.17. The highest BCUT2D eigenvalue weighted by molar-refractivity contribution is 9.10. The van der Waals surface area contributed by atoms with Crippen molar-refractivity contribution in [1.82, 2.24) is 20.0 Å². The second-order valence-corrected chi connectivity index (χ2v) is 7.83. The molecule has 0 atom stereocenters. The van der Waals surface area contributed by atoms with Gasteiger partial charge in [-0.1, -0.05) is 27.2 Å². The first kappa shape index (κ1) is 19.4. The lowest BCUT2D eigenvalue weighted by Gasteiger charge is -2.08. The Morgan fingerprint density at radius 1 is 1.10 bits per heavy atom. The van der Waals surface area contributed by atoms with Crippen LogP contribution >= 0.6 is 15.9 Å². The SMILES string of the molecule is O=C(Cn1cccc1-c1nc(-c2ccc(Br)cc2)no1)NCc1ccc2c(c1)OCO2. The third-order valence-electron chi connectivity index (χ3n) is 4.82. The maximum absolute atomic E-state index is 12.5. The molecule has 2 aromatic heterocycles. The Balaban J connectivity index is 1.25. The average molecular weight is 481 g/mol. The molecular formula is C22H17BrN4O4. The third-order valence-corrected chi connectivity index (χ3v) is 5.35. The summed E-state index contributed by atoms with van der Waals surface area (Å²) in [5.74, 6) is 2.11. The van der Waals surface area contributed by atoms with E-state index in [1.807, 2.05) is 54.6 Å². The number of benzene rings is 2. The molecule has 8 nitrogen and oxygen atoms in total. The molecule has 9 heteroatoms. The lowest BCUT2D eigenvalue weighted by atomic mass is 10.2. The maximum atomic E-state index is 12.5. The number of carbonyl (C=O) groups excluding carboxylic acids is 1. The molecule has 0 saturated heterocycles. The minimum atomic E-state index is -0.136. The Kier molecular flexibility index (Phi) is 5.17. The number of rotatable bonds is 6. The number of nitrogens with zero attached hydrogens (tertiary/aromatic N) is 3. The molecule has 1 N–H and O–H groups in total. The predicted octanol–water partition coefficient (Wildman–Crippen LogP) is 4.01. The number of nitrogens with one attached hydrogen (secondary N) is 1. The lowest BCUT2D eigenvalue weighted by Crippen LogP contribution is -2.27. The zero-order chi connectivity index (χ0) is 21.2. The summed E-state index contributed by atoms with van der Waals surface area (Å²) in [5.41, 5.74) is 2.45. The van der Waals surface area contributed by atoms with E-state index in [4.69, 9.17) is 14.0 Å². The van der Waals surface area contributed by atoms with Crippen LogP contribution in [0.25, 0.3) is 23.0 Å². The average Bonchev–Trinajstić information content (AvgIpc) is 3.53. The van der Waals surface area contributed by atoms with Gasteiger partial charge in [0.2, 0.25) is 18.5 Å². The summed E-state index contributed by atoms with van der Waals surface area (Å²) >= 11 is 3.41. The number of ether oxygens (including phenoxy) is 2. The van der Waals surface area contributed by atoms with Crippen molar-refractivity contribution in [1.29, 1.82) is 0 Å². The second-order valence-electron chi connectivity index (χ2n) is 6.92. The quantitative estimate of drug-likeness (QED) is 0.448. The van der Waals surface area contributed by atoms with Crippen LogP contribution < -0.4 is 14.8 Å². The Hall–Kier alpha value is -3.59. The number of carbonyl (C=O) groups is 1. The van der Waals surface area contributed by atoms with Crippen LogP contribution in [0.2, 0.25) is 0 Å². The minimum absolute atomic E-state index is 0.128. The van der Waals surface area contributed by atoms with Crippen molar-refractivity contribution < 1.29 is 18.8 Å². The van der Waals surface area contributed by atoms with Gasteiger partial charge in [0.05, 0.1) is 0 Å². The number of aromatic nitrogens is 3. The van der Waals surface area contributed by atoms with Crippen LogP contribution in [0.5, 0.6) is 11.5 Å². The van der Waals surface area contributed by atoms with E-state index in [0.29, 0.717) is 35.5 Å². The summed E-state index contributed by atoms with van der Waals surface area (Å²) < 4.78 is 18.9. The first-order valence-corrected chi connectivity index (χ1v) is 10.4. The summed E-state index contributed by atoms with van der Waals surface area (Å²) in [6.45, 7) is 0.740. The van der Waals surface area contributed by atoms with Crippen molar-refractivity contribution in [3.8, 4) is 34.5 Å². The topological polar surface area (TPSA) is 91.4 Å². The maximum Gasteiger partial charge on any atom is 0.274 e. The smallest absolute Gasteiger partial charge is 0.274 e. The van der Waals surface area contributed by atoms with E-state index >= 15 is 0 Å². The number of halogens is 1. The van der Waals surface area contributed by atoms with Crippen molar-refractivity contribution in [2.24, 2.45) is 0 Å². The minimum Gasteiger partial charge on any atom is -0.454 e. The zero-order valence-electron chi connectivity index (χ0n) is 16.2. The van der Waals surface area contributed by atoms with E-state index in [1.54, 1.807) is 10.8 Å². The molecule has 0 fully saturated rings. The Labute approximate surface area is 185 Å². The van der Waals surface area contributed by atoms with Gasteiger partial charge >= 0.3 is 0 Å². The molecule has 31 heavy (non-hydrogen) atoms. The number of fused-ring (bicyclic) bond motifs is 1. The van der Waals surface area contributed by atoms with Gasteiger partial charge in [-0.15, -0.1) is 0 Å². The van der Waals surface area contributed by atoms with Crippen LogP contribution in [0.3, 0.4) is 0 Å². The second kappa shape index (κ2) is 8.27. The van der Waals surface area contributed by atoms with E-state index in [0.717, 1.165) is 15.6 Å². The number of hydrogen-bond acceptors (Lipinski definition) is 6. The molecule has 0 spiro atoms. The molecule has 5 rings (SSSR count). The molecule has 1 aliphatic heterocycles. The molecule has 0 unspecified atom stereocenters. The summed E-state index contributed by atoms with van der Waals surface area (Å²) in [6, 6.07) is 16.9. The summed E-state index contributed by atoms with van der Waals surface area (Å²) in [5, 5.41) is 6.98. The van der Waals surface area contributed by atoms with Gasteiger partial charge in [0.15, 0.2) is 11.5 Å². The molecule has 1 amide bonds. The Bertz CT molecular complexity index is 1230. The standard InChI is InChI=1S/C22H17BrN4O4/c23-16-6-4-15(5-7-16)21-25-22(31-26-21)17-2-1-9-27(17)12-20(28)24-11-14-3-8-18-19(10-14)30-13-29-18/h1-10H,11-13H2,(H,24,28). The van der Waals surface area contributed by atoms with E-state index in [-0.39, 0.29) is 19.2 Å². The van der Waals surface area contributed by atoms with E-state index in [1.165, 1.54) is 0 Å². The van der Waals surface area contributed by atoms with Crippen molar-refractivity contribution in [2.75, 3.05) is 6.79 Å². The van der Waals surface area contributed by atoms with Crippen molar-refractivity contribution >= 4 is 21.8 Å². The van der Waals surface area contributed by atoms with Gasteiger partial charge in [-0.2, -0.15) is 4.98 Å². The van der Waals surface area contributed by atoms with Gasteiger partial charge in [0.25, 0.3) is 5.89 Å². The largest absolute Gasteiger partial charge is 0.454 e. The molecule has 4 aromatic rings. The molecule has 1 aliphatic rings. The molecule has 3 heterocycles. The molecule has 2 aromatic carbocycles. The molecule has 0 bridgehead atoms. The fourth-order valence-electron chi connectivity index (χ4n) is 3.25. The number of hydrogen-bond donors (Lipinski definition) is 1. The molecule has 156 valence electrons. The first-order chi connectivity index (χ1) is 15.2. The highest BCUT2D eigenvalue weighted by Gasteiger charge is 2.16. The van der Waals surface area contributed by atoms with Gasteiger partial charge in [0.1, 0.15) is 12.2 Å². The van der Waals surface area contributed by atoms with Crippen LogP contribution in [-0.2, 0) is 17.9 Å². The van der Waals surface area contributed by atoms with Gasteiger partial charge in [-0.05, 0) is 54.1 Å². The Morgan fingerprint density at radius 3 is 2.81 bits per heavy atom. The Morgan fingerprint density at radius 2 is 1.94 bits per heavy atom. The van der Waals surface area contributed by atoms with Crippen LogP contribution in [0.4, 0.5) is 0 Å². The van der Waals surface area contributed by atoms with Crippen LogP contribution in [-0.4, -0.2) is 27.4 Å². The van der Waals surface area contributed by atoms with Gasteiger partial charge in [-0.25, -0.2) is 0 Å². The fourth-order valence-corrected chi connectivity index (χ4v) is 3.52. The lowest BCUT2D eigenvalue weighted by molar-refractivity contribution is -0.121. The van der Waals surface area contributed by atoms with Crippen molar-refractivity contribution in [3.63, 3.8) is 0 Å². The van der Waals surface area contributed by atoms with E-state index < -0.39 is 0 Å². The normalized spacial score (nSPS) is 12.2. The molecule has 0 saturated carbocycles. The monoisotopic (exact) mass is 480 g/mol. The van der Waals surface area contributed by atoms with Gasteiger partial charge in [-0.3, -0.25) is 4.79 Å². The van der Waals surface area contributed by atoms with Crippen LogP contribution in [0, 0.1) is 0 Å².